The van der Waals surface area contributed by atoms with Gasteiger partial charge in [0.25, 0.3) is 0 Å². The van der Waals surface area contributed by atoms with Gasteiger partial charge >= 0.3 is 0 Å². The topological polar surface area (TPSA) is 35.5 Å². The second kappa shape index (κ2) is 10.4. The highest BCUT2D eigenvalue weighted by molar-refractivity contribution is 14.1. The molecule has 0 aliphatic carbocycles. The van der Waals surface area contributed by atoms with Crippen LogP contribution in [0, 0.1) is 0 Å². The van der Waals surface area contributed by atoms with Crippen molar-refractivity contribution in [3.8, 4) is 0 Å². The third kappa shape index (κ3) is 6.16. The molecule has 3 nitrogen and oxygen atoms in total. The maximum atomic E-state index is 10.8. The van der Waals surface area contributed by atoms with Gasteiger partial charge in [0.15, 0.2) is 0 Å². The molecule has 4 atom stereocenters. The number of benzene rings is 1. The molecular weight excluding hydrogens is 403 g/mol. The van der Waals surface area contributed by atoms with Gasteiger partial charge in [-0.25, -0.2) is 0 Å². The van der Waals surface area contributed by atoms with Gasteiger partial charge in [0, 0.05) is 10.3 Å². The van der Waals surface area contributed by atoms with Crippen molar-refractivity contribution in [2.75, 3.05) is 0 Å². The van der Waals surface area contributed by atoms with E-state index in [-0.39, 0.29) is 12.2 Å². The summed E-state index contributed by atoms with van der Waals surface area (Å²) in [5, 5.41) is 0. The zero-order chi connectivity index (χ0) is 16.5. The average molecular weight is 430 g/mol. The number of alkyl halides is 1. The summed E-state index contributed by atoms with van der Waals surface area (Å²) in [5.74, 6) is 0. The van der Waals surface area contributed by atoms with Crippen molar-refractivity contribution in [1.82, 2.24) is 0 Å². The third-order valence-electron chi connectivity index (χ3n) is 4.34. The number of hydrogen-bond acceptors (Lipinski definition) is 3. The lowest BCUT2D eigenvalue weighted by Gasteiger charge is -2.25. The van der Waals surface area contributed by atoms with E-state index in [0.29, 0.717) is 23.1 Å². The predicted octanol–water partition coefficient (Wildman–Crippen LogP) is 4.70. The van der Waals surface area contributed by atoms with E-state index in [0.717, 1.165) is 31.1 Å². The first-order chi connectivity index (χ1) is 11.2. The molecule has 0 bridgehead atoms. The van der Waals surface area contributed by atoms with Gasteiger partial charge < -0.3 is 14.3 Å². The minimum absolute atomic E-state index is 0.00985. The number of carbonyl (C=O) groups excluding carboxylic acids is 1. The van der Waals surface area contributed by atoms with Gasteiger partial charge in [0.1, 0.15) is 6.29 Å². The number of ether oxygens (including phenoxy) is 2. The Balaban J connectivity index is 1.89. The maximum absolute atomic E-state index is 10.8. The van der Waals surface area contributed by atoms with Crippen molar-refractivity contribution in [2.45, 2.75) is 74.3 Å². The van der Waals surface area contributed by atoms with Crippen molar-refractivity contribution in [3.05, 3.63) is 35.9 Å². The van der Waals surface area contributed by atoms with Crippen LogP contribution in [0.3, 0.4) is 0 Å². The first kappa shape index (κ1) is 18.9. The highest BCUT2D eigenvalue weighted by atomic mass is 127. The Labute approximate surface area is 153 Å². The molecular formula is C19H27IO3. The second-order valence-electron chi connectivity index (χ2n) is 6.17. The number of halogens is 1. The molecule has 2 rings (SSSR count). The van der Waals surface area contributed by atoms with Gasteiger partial charge in [-0.1, -0.05) is 66.3 Å². The predicted molar refractivity (Wildman–Crippen MR) is 101 cm³/mol. The van der Waals surface area contributed by atoms with E-state index in [1.807, 2.05) is 18.2 Å². The lowest BCUT2D eigenvalue weighted by molar-refractivity contribution is -0.110. The van der Waals surface area contributed by atoms with Crippen molar-refractivity contribution in [3.63, 3.8) is 0 Å². The Hall–Kier alpha value is -0.460. The normalized spacial score (nSPS) is 23.6. The lowest BCUT2D eigenvalue weighted by Crippen LogP contribution is -2.31. The molecule has 128 valence electrons. The summed E-state index contributed by atoms with van der Waals surface area (Å²) < 4.78 is 13.0. The van der Waals surface area contributed by atoms with E-state index in [9.17, 15) is 4.79 Å². The van der Waals surface area contributed by atoms with Crippen LogP contribution in [0.1, 0.15) is 51.0 Å². The number of aldehydes is 1. The fraction of sp³-hybridized carbons (Fsp3) is 0.632. The van der Waals surface area contributed by atoms with Crippen LogP contribution in [-0.2, 0) is 20.9 Å². The van der Waals surface area contributed by atoms with Crippen LogP contribution in [0.2, 0.25) is 0 Å². The molecule has 0 N–H and O–H groups in total. The van der Waals surface area contributed by atoms with Crippen molar-refractivity contribution < 1.29 is 14.3 Å². The molecule has 1 aromatic carbocycles. The van der Waals surface area contributed by atoms with Crippen LogP contribution < -0.4 is 0 Å². The van der Waals surface area contributed by atoms with Gasteiger partial charge in [-0.2, -0.15) is 0 Å². The summed E-state index contributed by atoms with van der Waals surface area (Å²) in [7, 11) is 0. The molecule has 0 saturated carbocycles. The quantitative estimate of drug-likeness (QED) is 0.307. The highest BCUT2D eigenvalue weighted by Gasteiger charge is 2.34. The van der Waals surface area contributed by atoms with E-state index >= 15 is 0 Å². The molecule has 1 aliphatic heterocycles. The second-order valence-corrected chi connectivity index (χ2v) is 7.77. The summed E-state index contributed by atoms with van der Waals surface area (Å²) in [6, 6.07) is 10.2. The first-order valence-corrected chi connectivity index (χ1v) is 9.87. The fourth-order valence-corrected chi connectivity index (χ4v) is 4.23. The van der Waals surface area contributed by atoms with E-state index in [1.54, 1.807) is 0 Å². The van der Waals surface area contributed by atoms with Gasteiger partial charge in [-0.05, 0) is 31.2 Å². The smallest absolute Gasteiger partial charge is 0.120 e. The Morgan fingerprint density at radius 2 is 2.00 bits per heavy atom. The maximum Gasteiger partial charge on any atom is 0.120 e. The Kier molecular flexibility index (Phi) is 8.55. The molecule has 0 aromatic heterocycles. The average Bonchev–Trinajstić information content (AvgIpc) is 3.06. The van der Waals surface area contributed by atoms with Crippen LogP contribution in [0.15, 0.2) is 30.3 Å². The molecule has 0 spiro atoms. The van der Waals surface area contributed by atoms with Crippen molar-refractivity contribution in [1.29, 1.82) is 0 Å². The molecule has 1 heterocycles. The summed E-state index contributed by atoms with van der Waals surface area (Å²) in [6.07, 6.45) is 7.24. The molecule has 1 unspecified atom stereocenters. The fourth-order valence-electron chi connectivity index (χ4n) is 3.08. The van der Waals surface area contributed by atoms with Gasteiger partial charge in [-0.15, -0.1) is 0 Å². The summed E-state index contributed by atoms with van der Waals surface area (Å²) >= 11 is 2.51. The van der Waals surface area contributed by atoms with Crippen LogP contribution in [0.5, 0.6) is 0 Å². The minimum atomic E-state index is 0.00985. The zero-order valence-electron chi connectivity index (χ0n) is 13.8. The molecule has 1 aromatic rings. The summed E-state index contributed by atoms with van der Waals surface area (Å²) in [6.45, 7) is 2.80. The first-order valence-electron chi connectivity index (χ1n) is 8.63. The molecule has 0 amide bonds. The van der Waals surface area contributed by atoms with E-state index < -0.39 is 0 Å². The minimum Gasteiger partial charge on any atom is -0.371 e. The largest absolute Gasteiger partial charge is 0.371 e. The third-order valence-corrected chi connectivity index (χ3v) is 5.77. The van der Waals surface area contributed by atoms with Gasteiger partial charge in [0.2, 0.25) is 0 Å². The molecule has 1 aliphatic rings. The van der Waals surface area contributed by atoms with Crippen molar-refractivity contribution in [2.24, 2.45) is 0 Å². The molecule has 1 fully saturated rings. The zero-order valence-corrected chi connectivity index (χ0v) is 16.0. The lowest BCUT2D eigenvalue weighted by atomic mass is 10.0. The summed E-state index contributed by atoms with van der Waals surface area (Å²) in [4.78, 5) is 10.8. The van der Waals surface area contributed by atoms with Crippen LogP contribution >= 0.6 is 22.6 Å². The number of carbonyl (C=O) groups is 1. The molecule has 1 saturated heterocycles. The molecule has 0 radical (unpaired) electrons. The monoisotopic (exact) mass is 430 g/mol. The SMILES string of the molecule is CCC[C@H](I)[C@H]1CC[C@H](C(CCC=O)OCc2ccccc2)O1. The van der Waals surface area contributed by atoms with Crippen LogP contribution in [-0.4, -0.2) is 28.5 Å². The Morgan fingerprint density at radius 3 is 2.70 bits per heavy atom. The number of rotatable bonds is 10. The van der Waals surface area contributed by atoms with Crippen LogP contribution in [0.4, 0.5) is 0 Å². The van der Waals surface area contributed by atoms with E-state index in [2.05, 4.69) is 41.6 Å². The van der Waals surface area contributed by atoms with Gasteiger partial charge in [-0.3, -0.25) is 0 Å². The Morgan fingerprint density at radius 1 is 1.26 bits per heavy atom. The Bertz CT molecular complexity index is 451. The van der Waals surface area contributed by atoms with Crippen molar-refractivity contribution >= 4 is 28.9 Å². The molecule has 23 heavy (non-hydrogen) atoms. The van der Waals surface area contributed by atoms with E-state index in [4.69, 9.17) is 9.47 Å². The van der Waals surface area contributed by atoms with E-state index in [1.165, 1.54) is 12.8 Å². The van der Waals surface area contributed by atoms with Gasteiger partial charge in [0.05, 0.1) is 24.9 Å². The van der Waals surface area contributed by atoms with Crippen LogP contribution in [0.25, 0.3) is 0 Å². The highest BCUT2D eigenvalue weighted by Crippen LogP contribution is 2.32. The number of hydrogen-bond donors (Lipinski definition) is 0. The summed E-state index contributed by atoms with van der Waals surface area (Å²) in [5.41, 5.74) is 1.16. The molecule has 4 heteroatoms. The standard InChI is InChI=1S/C19H27IO3/c1-2-7-16(20)17-11-12-19(23-17)18(10-6-13-21)22-14-15-8-4-3-5-9-15/h3-5,8-9,13,16-19H,2,6-7,10-12,14H2,1H3/t16-,17+,18?,19+/m0/s1.